The summed E-state index contributed by atoms with van der Waals surface area (Å²) in [6.45, 7) is 2.00. The molecule has 6 heteroatoms. The van der Waals surface area contributed by atoms with Crippen molar-refractivity contribution in [3.05, 3.63) is 46.4 Å². The molecule has 0 fully saturated rings. The Morgan fingerprint density at radius 3 is 2.95 bits per heavy atom. The molecule has 0 spiro atoms. The van der Waals surface area contributed by atoms with E-state index in [1.54, 1.807) is 0 Å². The summed E-state index contributed by atoms with van der Waals surface area (Å²) in [6, 6.07) is 12.3. The van der Waals surface area contributed by atoms with E-state index in [1.165, 1.54) is 5.39 Å². The molecule has 19 heavy (non-hydrogen) atoms. The SMILES string of the molecule is CC(C1=NOS(=O)N1)c1ccc2c(Br)cccc2c1. The van der Waals surface area contributed by atoms with Gasteiger partial charge in [0.05, 0.1) is 0 Å². The molecular weight excluding hydrogens is 328 g/mol. The lowest BCUT2D eigenvalue weighted by Gasteiger charge is -2.11. The van der Waals surface area contributed by atoms with E-state index in [9.17, 15) is 4.21 Å². The normalized spacial score (nSPS) is 19.7. The fraction of sp³-hybridized carbons (Fsp3) is 0.154. The number of fused-ring (bicyclic) bond motifs is 1. The van der Waals surface area contributed by atoms with Crippen molar-refractivity contribution in [1.82, 2.24) is 4.72 Å². The highest BCUT2D eigenvalue weighted by molar-refractivity contribution is 9.10. The summed E-state index contributed by atoms with van der Waals surface area (Å²) < 4.78 is 19.5. The average molecular weight is 339 g/mol. The van der Waals surface area contributed by atoms with Crippen LogP contribution in [0.5, 0.6) is 0 Å². The molecule has 2 aromatic carbocycles. The van der Waals surface area contributed by atoms with Crippen molar-refractivity contribution in [2.45, 2.75) is 12.8 Å². The third-order valence-corrected chi connectivity index (χ3v) is 4.43. The zero-order valence-electron chi connectivity index (χ0n) is 10.1. The third-order valence-electron chi connectivity index (χ3n) is 3.15. The number of oxime groups is 1. The maximum Gasteiger partial charge on any atom is 0.338 e. The van der Waals surface area contributed by atoms with Gasteiger partial charge in [-0.1, -0.05) is 58.3 Å². The Labute approximate surface area is 121 Å². The van der Waals surface area contributed by atoms with E-state index in [0.29, 0.717) is 5.84 Å². The van der Waals surface area contributed by atoms with Crippen molar-refractivity contribution in [3.63, 3.8) is 0 Å². The molecule has 0 bridgehead atoms. The van der Waals surface area contributed by atoms with Gasteiger partial charge < -0.3 is 0 Å². The van der Waals surface area contributed by atoms with Gasteiger partial charge in [0.25, 0.3) is 0 Å². The molecule has 2 atom stereocenters. The number of benzene rings is 2. The molecule has 2 aromatic rings. The smallest absolute Gasteiger partial charge is 0.269 e. The van der Waals surface area contributed by atoms with E-state index in [-0.39, 0.29) is 5.92 Å². The molecule has 1 aliphatic heterocycles. The first-order valence-corrected chi connectivity index (χ1v) is 7.64. The Kier molecular flexibility index (Phi) is 3.28. The minimum absolute atomic E-state index is 0.00910. The standard InChI is InChI=1S/C13H11BrN2O2S/c1-8(13-15-18-19(17)16-13)9-5-6-11-10(7-9)3-2-4-12(11)14/h2-8H,1H3,(H,15,16). The number of amidine groups is 1. The first-order chi connectivity index (χ1) is 9.15. The van der Waals surface area contributed by atoms with E-state index in [1.807, 2.05) is 25.1 Å². The first-order valence-electron chi connectivity index (χ1n) is 5.77. The molecular formula is C13H11BrN2O2S. The quantitative estimate of drug-likeness (QED) is 0.913. The topological polar surface area (TPSA) is 50.7 Å². The van der Waals surface area contributed by atoms with Crippen LogP contribution in [0.1, 0.15) is 18.4 Å². The fourth-order valence-electron chi connectivity index (χ4n) is 2.05. The Hall–Kier alpha value is -1.40. The van der Waals surface area contributed by atoms with Crippen LogP contribution in [0.15, 0.2) is 46.0 Å². The van der Waals surface area contributed by atoms with Crippen LogP contribution in [0, 0.1) is 0 Å². The first kappa shape index (κ1) is 12.6. The highest BCUT2D eigenvalue weighted by Gasteiger charge is 2.22. The number of hydrogen-bond acceptors (Lipinski definition) is 3. The third kappa shape index (κ3) is 2.37. The van der Waals surface area contributed by atoms with Crippen LogP contribution in [0.25, 0.3) is 10.8 Å². The van der Waals surface area contributed by atoms with Crippen molar-refractivity contribution < 1.29 is 8.49 Å². The van der Waals surface area contributed by atoms with Gasteiger partial charge in [-0.2, -0.15) is 4.21 Å². The number of rotatable bonds is 2. The van der Waals surface area contributed by atoms with Crippen LogP contribution in [-0.2, 0) is 15.6 Å². The van der Waals surface area contributed by atoms with Crippen LogP contribution < -0.4 is 4.72 Å². The molecule has 2 unspecified atom stereocenters. The largest absolute Gasteiger partial charge is 0.338 e. The molecule has 3 rings (SSSR count). The zero-order valence-corrected chi connectivity index (χ0v) is 12.5. The van der Waals surface area contributed by atoms with Crippen LogP contribution in [0.3, 0.4) is 0 Å². The highest BCUT2D eigenvalue weighted by atomic mass is 79.9. The summed E-state index contributed by atoms with van der Waals surface area (Å²) in [5.41, 5.74) is 1.10. The molecule has 0 saturated heterocycles. The highest BCUT2D eigenvalue weighted by Crippen LogP contribution is 2.28. The van der Waals surface area contributed by atoms with Crippen molar-refractivity contribution >= 4 is 43.8 Å². The lowest BCUT2D eigenvalue weighted by Crippen LogP contribution is -2.24. The molecule has 0 radical (unpaired) electrons. The van der Waals surface area contributed by atoms with Crippen LogP contribution in [0.4, 0.5) is 0 Å². The summed E-state index contributed by atoms with van der Waals surface area (Å²) in [4.78, 5) is 0. The Morgan fingerprint density at radius 1 is 1.37 bits per heavy atom. The van der Waals surface area contributed by atoms with E-state index < -0.39 is 11.3 Å². The monoisotopic (exact) mass is 338 g/mol. The maximum atomic E-state index is 11.1. The van der Waals surface area contributed by atoms with Crippen molar-refractivity contribution in [3.8, 4) is 0 Å². The molecule has 0 saturated carbocycles. The summed E-state index contributed by atoms with van der Waals surface area (Å²) >= 11 is 2.00. The summed E-state index contributed by atoms with van der Waals surface area (Å²) in [5, 5.41) is 6.11. The van der Waals surface area contributed by atoms with Crippen LogP contribution >= 0.6 is 15.9 Å². The van der Waals surface area contributed by atoms with Gasteiger partial charge in [0.15, 0.2) is 5.84 Å². The van der Waals surface area contributed by atoms with Gasteiger partial charge >= 0.3 is 11.3 Å². The van der Waals surface area contributed by atoms with Gasteiger partial charge in [-0.15, -0.1) is 0 Å². The number of nitrogens with one attached hydrogen (secondary N) is 1. The molecule has 1 heterocycles. The van der Waals surface area contributed by atoms with Crippen molar-refractivity contribution in [2.75, 3.05) is 0 Å². The summed E-state index contributed by atoms with van der Waals surface area (Å²) in [5.74, 6) is 0.600. The lowest BCUT2D eigenvalue weighted by molar-refractivity contribution is 0.384. The van der Waals surface area contributed by atoms with E-state index in [0.717, 1.165) is 15.4 Å². The van der Waals surface area contributed by atoms with Gasteiger partial charge in [-0.3, -0.25) is 9.01 Å². The number of nitrogens with zero attached hydrogens (tertiary/aromatic N) is 1. The second kappa shape index (κ2) is 4.94. The molecule has 0 aromatic heterocycles. The van der Waals surface area contributed by atoms with Crippen LogP contribution in [0.2, 0.25) is 0 Å². The summed E-state index contributed by atoms with van der Waals surface area (Å²) in [6.07, 6.45) is 0. The predicted octanol–water partition coefficient (Wildman–Crippen LogP) is 3.22. The van der Waals surface area contributed by atoms with Gasteiger partial charge in [-0.05, 0) is 22.4 Å². The van der Waals surface area contributed by atoms with Gasteiger partial charge in [-0.25, -0.2) is 0 Å². The van der Waals surface area contributed by atoms with E-state index >= 15 is 0 Å². The minimum Gasteiger partial charge on any atom is -0.269 e. The molecule has 0 aliphatic carbocycles. The Morgan fingerprint density at radius 2 is 2.21 bits per heavy atom. The summed E-state index contributed by atoms with van der Waals surface area (Å²) in [7, 11) is 0. The molecule has 0 amide bonds. The van der Waals surface area contributed by atoms with Gasteiger partial charge in [0.2, 0.25) is 0 Å². The van der Waals surface area contributed by atoms with E-state index in [4.69, 9.17) is 0 Å². The zero-order chi connectivity index (χ0) is 13.4. The number of halogens is 1. The molecule has 1 aliphatic rings. The lowest BCUT2D eigenvalue weighted by atomic mass is 9.97. The maximum absolute atomic E-state index is 11.1. The predicted molar refractivity (Wildman–Crippen MR) is 79.9 cm³/mol. The second-order valence-corrected chi connectivity index (χ2v) is 6.01. The van der Waals surface area contributed by atoms with Gasteiger partial charge in [0, 0.05) is 10.4 Å². The second-order valence-electron chi connectivity index (χ2n) is 4.33. The van der Waals surface area contributed by atoms with Crippen molar-refractivity contribution in [1.29, 1.82) is 0 Å². The Bertz CT molecular complexity index is 702. The Balaban J connectivity index is 1.99. The van der Waals surface area contributed by atoms with Gasteiger partial charge in [0.1, 0.15) is 0 Å². The van der Waals surface area contributed by atoms with E-state index in [2.05, 4.69) is 48.3 Å². The van der Waals surface area contributed by atoms with Crippen molar-refractivity contribution in [2.24, 2.45) is 5.16 Å². The minimum atomic E-state index is -1.54. The fourth-order valence-corrected chi connectivity index (χ4v) is 3.14. The molecule has 1 N–H and O–H groups in total. The average Bonchev–Trinajstić information content (AvgIpc) is 2.84. The van der Waals surface area contributed by atoms with Crippen LogP contribution in [-0.4, -0.2) is 10.0 Å². The number of hydrogen-bond donors (Lipinski definition) is 1. The molecule has 4 nitrogen and oxygen atoms in total. The molecule has 98 valence electrons.